The molecule has 2 heterocycles. The van der Waals surface area contributed by atoms with Gasteiger partial charge in [-0.25, -0.2) is 0 Å². The smallest absolute Gasteiger partial charge is 0.241 e. The summed E-state index contributed by atoms with van der Waals surface area (Å²) in [4.78, 5) is 21.3. The Bertz CT molecular complexity index is 1100. The van der Waals surface area contributed by atoms with E-state index in [2.05, 4.69) is 72.2 Å². The van der Waals surface area contributed by atoms with Gasteiger partial charge < -0.3 is 0 Å². The van der Waals surface area contributed by atoms with Crippen LogP contribution >= 0.6 is 12.2 Å². The van der Waals surface area contributed by atoms with Gasteiger partial charge in [-0.3, -0.25) is 19.5 Å². The number of para-hydroxylation sites is 1. The molecule has 3 aromatic carbocycles. The van der Waals surface area contributed by atoms with Gasteiger partial charge in [0.05, 0.1) is 5.41 Å². The van der Waals surface area contributed by atoms with Crippen LogP contribution in [0.2, 0.25) is 0 Å². The van der Waals surface area contributed by atoms with Gasteiger partial charge in [0.25, 0.3) is 0 Å². The van der Waals surface area contributed by atoms with Crippen LogP contribution in [-0.4, -0.2) is 39.4 Å². The zero-order valence-corrected chi connectivity index (χ0v) is 20.0. The summed E-state index contributed by atoms with van der Waals surface area (Å²) in [6.07, 6.45) is 0. The van der Waals surface area contributed by atoms with Crippen LogP contribution in [0, 0.1) is 5.41 Å². The minimum Gasteiger partial charge on any atom is -0.273 e. The molecular formula is C28H29N3OS. The van der Waals surface area contributed by atoms with Gasteiger partial charge in [0.15, 0.2) is 0 Å². The van der Waals surface area contributed by atoms with E-state index < -0.39 is 11.1 Å². The first kappa shape index (κ1) is 22.0. The standard InChI is InChI=1S/C28H29N3OS/c1-27(2)25(32)31(24-16-10-5-11-17-24)26(33)28(27)29(20-22-12-6-3-7-13-22)18-19-30(28)21-23-14-8-4-9-15-23/h3-17H,18-21H2,1-2H3. The summed E-state index contributed by atoms with van der Waals surface area (Å²) < 4.78 is 0. The number of hydrogen-bond acceptors (Lipinski definition) is 4. The van der Waals surface area contributed by atoms with E-state index in [-0.39, 0.29) is 5.91 Å². The average molecular weight is 456 g/mol. The van der Waals surface area contributed by atoms with Crippen LogP contribution in [-0.2, 0) is 17.9 Å². The van der Waals surface area contributed by atoms with Gasteiger partial charge in [0.2, 0.25) is 5.91 Å². The van der Waals surface area contributed by atoms with Gasteiger partial charge in [0, 0.05) is 31.9 Å². The Morgan fingerprint density at radius 3 is 1.61 bits per heavy atom. The Morgan fingerprint density at radius 2 is 1.15 bits per heavy atom. The van der Waals surface area contributed by atoms with E-state index in [9.17, 15) is 4.79 Å². The highest BCUT2D eigenvalue weighted by Crippen LogP contribution is 2.52. The SMILES string of the molecule is CC1(C)C(=O)N(c2ccccc2)C(=S)C12N(Cc1ccccc1)CCN2Cc1ccccc1. The first-order valence-corrected chi connectivity index (χ1v) is 11.9. The summed E-state index contributed by atoms with van der Waals surface area (Å²) in [5, 5.41) is 0. The maximum Gasteiger partial charge on any atom is 0.241 e. The van der Waals surface area contributed by atoms with Crippen LogP contribution in [0.3, 0.4) is 0 Å². The third kappa shape index (κ3) is 3.43. The van der Waals surface area contributed by atoms with Crippen molar-refractivity contribution >= 4 is 28.8 Å². The topological polar surface area (TPSA) is 26.8 Å². The van der Waals surface area contributed by atoms with Gasteiger partial charge >= 0.3 is 0 Å². The average Bonchev–Trinajstić information content (AvgIpc) is 3.26. The highest BCUT2D eigenvalue weighted by atomic mass is 32.1. The lowest BCUT2D eigenvalue weighted by molar-refractivity contribution is -0.132. The fraction of sp³-hybridized carbons (Fsp3) is 0.286. The molecule has 2 aliphatic heterocycles. The summed E-state index contributed by atoms with van der Waals surface area (Å²) in [5.74, 6) is 0.0525. The zero-order chi connectivity index (χ0) is 23.1. The van der Waals surface area contributed by atoms with E-state index >= 15 is 0 Å². The molecule has 2 aliphatic rings. The quantitative estimate of drug-likeness (QED) is 0.500. The maximum atomic E-state index is 14.0. The zero-order valence-electron chi connectivity index (χ0n) is 19.1. The molecule has 0 radical (unpaired) electrons. The van der Waals surface area contributed by atoms with Gasteiger partial charge in [-0.2, -0.15) is 0 Å². The minimum absolute atomic E-state index is 0.0525. The van der Waals surface area contributed by atoms with E-state index in [0.717, 1.165) is 31.9 Å². The number of amides is 1. The monoisotopic (exact) mass is 455 g/mol. The molecule has 5 heteroatoms. The Balaban J connectivity index is 1.62. The summed E-state index contributed by atoms with van der Waals surface area (Å²) in [5.41, 5.74) is 1.87. The van der Waals surface area contributed by atoms with Crippen molar-refractivity contribution in [3.63, 3.8) is 0 Å². The Morgan fingerprint density at radius 1 is 0.727 bits per heavy atom. The summed E-state index contributed by atoms with van der Waals surface area (Å²) >= 11 is 6.23. The Labute approximate surface area is 201 Å². The number of nitrogens with zero attached hydrogens (tertiary/aromatic N) is 3. The van der Waals surface area contributed by atoms with Crippen LogP contribution in [0.4, 0.5) is 5.69 Å². The van der Waals surface area contributed by atoms with Crippen molar-refractivity contribution in [1.82, 2.24) is 9.80 Å². The van der Waals surface area contributed by atoms with Crippen molar-refractivity contribution in [2.45, 2.75) is 32.6 Å². The molecular weight excluding hydrogens is 426 g/mol. The molecule has 0 N–H and O–H groups in total. The molecule has 2 fully saturated rings. The summed E-state index contributed by atoms with van der Waals surface area (Å²) in [6, 6.07) is 30.8. The van der Waals surface area contributed by atoms with Crippen LogP contribution < -0.4 is 4.90 Å². The second-order valence-corrected chi connectivity index (χ2v) is 9.78. The lowest BCUT2D eigenvalue weighted by Crippen LogP contribution is -2.64. The van der Waals surface area contributed by atoms with E-state index in [1.165, 1.54) is 11.1 Å². The summed E-state index contributed by atoms with van der Waals surface area (Å²) in [7, 11) is 0. The number of carbonyl (C=O) groups is 1. The van der Waals surface area contributed by atoms with E-state index in [4.69, 9.17) is 12.2 Å². The number of benzene rings is 3. The highest BCUT2D eigenvalue weighted by Gasteiger charge is 2.69. The molecule has 168 valence electrons. The molecule has 0 saturated carbocycles. The number of rotatable bonds is 5. The number of thiocarbonyl (C=S) groups is 1. The molecule has 33 heavy (non-hydrogen) atoms. The molecule has 0 bridgehead atoms. The molecule has 4 nitrogen and oxygen atoms in total. The lowest BCUT2D eigenvalue weighted by atomic mass is 9.79. The molecule has 0 aromatic heterocycles. The molecule has 1 spiro atoms. The van der Waals surface area contributed by atoms with Crippen molar-refractivity contribution in [3.8, 4) is 0 Å². The maximum absolute atomic E-state index is 14.0. The minimum atomic E-state index is -0.722. The lowest BCUT2D eigenvalue weighted by Gasteiger charge is -2.47. The second kappa shape index (κ2) is 8.49. The van der Waals surface area contributed by atoms with Crippen LogP contribution in [0.5, 0.6) is 0 Å². The number of hydrogen-bond donors (Lipinski definition) is 0. The number of carbonyl (C=O) groups excluding carboxylic acids is 1. The van der Waals surface area contributed by atoms with Crippen molar-refractivity contribution in [3.05, 3.63) is 102 Å². The predicted octanol–water partition coefficient (Wildman–Crippen LogP) is 5.10. The van der Waals surface area contributed by atoms with Crippen molar-refractivity contribution in [2.24, 2.45) is 5.41 Å². The van der Waals surface area contributed by atoms with Gasteiger partial charge in [-0.05, 0) is 37.1 Å². The van der Waals surface area contributed by atoms with Crippen LogP contribution in [0.1, 0.15) is 25.0 Å². The summed E-state index contributed by atoms with van der Waals surface area (Å²) in [6.45, 7) is 7.30. The molecule has 0 aliphatic carbocycles. The first-order valence-electron chi connectivity index (χ1n) is 11.5. The normalized spacial score (nSPS) is 20.1. The third-order valence-electron chi connectivity index (χ3n) is 7.11. The molecule has 5 rings (SSSR count). The second-order valence-electron chi connectivity index (χ2n) is 9.39. The Hall–Kier alpha value is -2.86. The van der Waals surface area contributed by atoms with Crippen molar-refractivity contribution < 1.29 is 4.79 Å². The molecule has 3 aromatic rings. The predicted molar refractivity (Wildman–Crippen MR) is 137 cm³/mol. The fourth-order valence-electron chi connectivity index (χ4n) is 5.58. The van der Waals surface area contributed by atoms with Gasteiger partial charge in [0.1, 0.15) is 10.7 Å². The molecule has 2 saturated heterocycles. The molecule has 0 atom stereocenters. The molecule has 1 amide bonds. The van der Waals surface area contributed by atoms with Crippen molar-refractivity contribution in [2.75, 3.05) is 18.0 Å². The third-order valence-corrected chi connectivity index (χ3v) is 7.58. The van der Waals surface area contributed by atoms with Gasteiger partial charge in [-0.15, -0.1) is 0 Å². The van der Waals surface area contributed by atoms with Crippen molar-refractivity contribution in [1.29, 1.82) is 0 Å². The van der Waals surface area contributed by atoms with E-state index in [1.807, 2.05) is 42.5 Å². The Kier molecular flexibility index (Phi) is 5.65. The number of anilines is 1. The van der Waals surface area contributed by atoms with Crippen LogP contribution in [0.25, 0.3) is 0 Å². The van der Waals surface area contributed by atoms with Gasteiger partial charge in [-0.1, -0.05) is 91.1 Å². The fourth-order valence-corrected chi connectivity index (χ4v) is 6.28. The largest absolute Gasteiger partial charge is 0.273 e. The first-order chi connectivity index (χ1) is 16.0. The van der Waals surface area contributed by atoms with E-state index in [0.29, 0.717) is 4.99 Å². The highest BCUT2D eigenvalue weighted by molar-refractivity contribution is 7.81. The van der Waals surface area contributed by atoms with E-state index in [1.54, 1.807) is 4.90 Å². The van der Waals surface area contributed by atoms with Crippen LogP contribution in [0.15, 0.2) is 91.0 Å². The molecule has 0 unspecified atom stereocenters.